The molecule has 1 fully saturated rings. The number of amides is 1. The lowest BCUT2D eigenvalue weighted by molar-refractivity contribution is -0.120. The molecule has 1 aromatic carbocycles. The molecule has 3 rings (SSSR count). The Bertz CT molecular complexity index is 721. The zero-order valence-corrected chi connectivity index (χ0v) is 16.1. The van der Waals surface area contributed by atoms with Crippen molar-refractivity contribution in [2.75, 3.05) is 19.6 Å². The van der Waals surface area contributed by atoms with Crippen LogP contribution in [0.3, 0.4) is 0 Å². The number of carbonyl (C=O) groups excluding carboxylic acids is 1. The molecule has 1 amide bonds. The Balaban J connectivity index is 1.65. The maximum Gasteiger partial charge on any atom is 0.226 e. The van der Waals surface area contributed by atoms with Crippen LogP contribution in [0.2, 0.25) is 5.02 Å². The normalized spacial score (nSPS) is 17.2. The lowest BCUT2D eigenvalue weighted by Crippen LogP contribution is -2.42. The molecule has 1 saturated heterocycles. The molecule has 0 aliphatic carbocycles. The monoisotopic (exact) mass is 375 g/mol. The lowest BCUT2D eigenvalue weighted by atomic mass is 9.95. The average molecular weight is 376 g/mol. The van der Waals surface area contributed by atoms with Crippen LogP contribution in [0.25, 0.3) is 0 Å². The number of hydrogen-bond acceptors (Lipinski definition) is 4. The highest BCUT2D eigenvalue weighted by molar-refractivity contribution is 6.30. The van der Waals surface area contributed by atoms with E-state index < -0.39 is 0 Å². The number of aryl methyl sites for hydroxylation is 1. The minimum Gasteiger partial charge on any atom is -0.361 e. The Labute approximate surface area is 159 Å². The van der Waals surface area contributed by atoms with Crippen LogP contribution >= 0.6 is 11.6 Å². The fourth-order valence-electron chi connectivity index (χ4n) is 3.42. The third-order valence-electron chi connectivity index (χ3n) is 5.02. The first-order valence-electron chi connectivity index (χ1n) is 9.19. The van der Waals surface area contributed by atoms with Gasteiger partial charge >= 0.3 is 0 Å². The van der Waals surface area contributed by atoms with Crippen molar-refractivity contribution in [3.63, 3.8) is 0 Å². The molecule has 6 heteroatoms. The van der Waals surface area contributed by atoms with Gasteiger partial charge in [0, 0.05) is 17.6 Å². The summed E-state index contributed by atoms with van der Waals surface area (Å²) in [7, 11) is 0. The van der Waals surface area contributed by atoms with Crippen LogP contribution in [0.15, 0.2) is 34.9 Å². The third kappa shape index (κ3) is 5.08. The molecule has 1 aliphatic heterocycles. The van der Waals surface area contributed by atoms with E-state index in [0.29, 0.717) is 18.0 Å². The molecule has 1 aromatic heterocycles. The Kier molecular flexibility index (Phi) is 6.33. The second-order valence-electron chi connectivity index (χ2n) is 7.20. The Morgan fingerprint density at radius 1 is 1.35 bits per heavy atom. The highest BCUT2D eigenvalue weighted by Crippen LogP contribution is 2.27. The minimum absolute atomic E-state index is 0.0392. The number of likely N-dealkylation sites (tertiary alicyclic amines) is 1. The maximum atomic E-state index is 12.3. The Morgan fingerprint density at radius 2 is 2.04 bits per heavy atom. The molecule has 0 bridgehead atoms. The van der Waals surface area contributed by atoms with Crippen LogP contribution in [-0.4, -0.2) is 35.6 Å². The van der Waals surface area contributed by atoms with Crippen molar-refractivity contribution in [1.29, 1.82) is 0 Å². The minimum atomic E-state index is -0.0392. The second-order valence-corrected chi connectivity index (χ2v) is 7.63. The predicted molar refractivity (Wildman–Crippen MR) is 102 cm³/mol. The number of aromatic nitrogens is 1. The number of piperidine rings is 1. The van der Waals surface area contributed by atoms with E-state index in [1.807, 2.05) is 19.1 Å². The molecule has 1 unspecified atom stereocenters. The number of hydrogen-bond donors (Lipinski definition) is 1. The summed E-state index contributed by atoms with van der Waals surface area (Å²) >= 11 is 6.04. The first-order valence-corrected chi connectivity index (χ1v) is 9.57. The molecule has 26 heavy (non-hydrogen) atoms. The number of carbonyl (C=O) groups is 1. The first-order chi connectivity index (χ1) is 12.5. The number of halogens is 1. The molecule has 1 atom stereocenters. The summed E-state index contributed by atoms with van der Waals surface area (Å²) < 4.78 is 5.03. The van der Waals surface area contributed by atoms with Crippen molar-refractivity contribution in [1.82, 2.24) is 15.4 Å². The van der Waals surface area contributed by atoms with E-state index in [-0.39, 0.29) is 18.4 Å². The van der Waals surface area contributed by atoms with Gasteiger partial charge in [-0.05, 0) is 56.5 Å². The van der Waals surface area contributed by atoms with E-state index in [1.54, 1.807) is 6.07 Å². The van der Waals surface area contributed by atoms with Gasteiger partial charge < -0.3 is 9.84 Å². The second kappa shape index (κ2) is 8.69. The predicted octanol–water partition coefficient (Wildman–Crippen LogP) is 3.77. The van der Waals surface area contributed by atoms with Crippen molar-refractivity contribution < 1.29 is 9.32 Å². The summed E-state index contributed by atoms with van der Waals surface area (Å²) in [5.74, 6) is 1.44. The van der Waals surface area contributed by atoms with Crippen molar-refractivity contribution in [2.24, 2.45) is 5.92 Å². The van der Waals surface area contributed by atoms with Crippen LogP contribution in [0.1, 0.15) is 42.8 Å². The van der Waals surface area contributed by atoms with E-state index in [9.17, 15) is 4.79 Å². The van der Waals surface area contributed by atoms with E-state index >= 15 is 0 Å². The van der Waals surface area contributed by atoms with E-state index in [1.165, 1.54) is 18.4 Å². The van der Waals surface area contributed by atoms with E-state index in [2.05, 4.69) is 34.4 Å². The van der Waals surface area contributed by atoms with Gasteiger partial charge in [0.1, 0.15) is 5.76 Å². The Hall–Kier alpha value is -1.85. The van der Waals surface area contributed by atoms with Gasteiger partial charge in [-0.2, -0.15) is 0 Å². The SMILES string of the molecule is Cc1cc(CC(=O)NCC(c2ccc(Cl)cc2)N2CCC(C)CC2)no1. The quantitative estimate of drug-likeness (QED) is 0.834. The van der Waals surface area contributed by atoms with Crippen molar-refractivity contribution in [2.45, 2.75) is 39.2 Å². The van der Waals surface area contributed by atoms with Crippen LogP contribution < -0.4 is 5.32 Å². The highest BCUT2D eigenvalue weighted by Gasteiger charge is 2.25. The number of rotatable bonds is 6. The zero-order valence-electron chi connectivity index (χ0n) is 15.4. The molecule has 5 nitrogen and oxygen atoms in total. The summed E-state index contributed by atoms with van der Waals surface area (Å²) in [5, 5.41) is 7.68. The molecule has 2 heterocycles. The van der Waals surface area contributed by atoms with Gasteiger partial charge in [0.15, 0.2) is 0 Å². The molecule has 0 radical (unpaired) electrons. The van der Waals surface area contributed by atoms with Gasteiger partial charge in [0.2, 0.25) is 5.91 Å². The topological polar surface area (TPSA) is 58.4 Å². The molecule has 1 aliphatic rings. The third-order valence-corrected chi connectivity index (χ3v) is 5.28. The maximum absolute atomic E-state index is 12.3. The summed E-state index contributed by atoms with van der Waals surface area (Å²) in [6, 6.07) is 9.88. The lowest BCUT2D eigenvalue weighted by Gasteiger charge is -2.37. The zero-order chi connectivity index (χ0) is 18.5. The van der Waals surface area contributed by atoms with Crippen molar-refractivity contribution in [3.05, 3.63) is 52.4 Å². The van der Waals surface area contributed by atoms with Crippen LogP contribution in [-0.2, 0) is 11.2 Å². The van der Waals surface area contributed by atoms with Gasteiger partial charge in [-0.15, -0.1) is 0 Å². The molecule has 0 saturated carbocycles. The van der Waals surface area contributed by atoms with Crippen molar-refractivity contribution in [3.8, 4) is 0 Å². The van der Waals surface area contributed by atoms with Crippen molar-refractivity contribution >= 4 is 17.5 Å². The fraction of sp³-hybridized carbons (Fsp3) is 0.500. The molecule has 0 spiro atoms. The fourth-order valence-corrected chi connectivity index (χ4v) is 3.55. The van der Waals surface area contributed by atoms with Crippen LogP contribution in [0.5, 0.6) is 0 Å². The van der Waals surface area contributed by atoms with Crippen LogP contribution in [0.4, 0.5) is 0 Å². The van der Waals surface area contributed by atoms with E-state index in [0.717, 1.165) is 24.0 Å². The average Bonchev–Trinajstić information content (AvgIpc) is 3.03. The van der Waals surface area contributed by atoms with Gasteiger partial charge in [-0.25, -0.2) is 0 Å². The van der Waals surface area contributed by atoms with E-state index in [4.69, 9.17) is 16.1 Å². The number of nitrogens with zero attached hydrogens (tertiary/aromatic N) is 2. The standard InChI is InChI=1S/C20H26ClN3O2/c1-14-7-9-24(10-8-14)19(16-3-5-17(21)6-4-16)13-22-20(25)12-18-11-15(2)26-23-18/h3-6,11,14,19H,7-10,12-13H2,1-2H3,(H,22,25). The molecule has 2 aromatic rings. The highest BCUT2D eigenvalue weighted by atomic mass is 35.5. The van der Waals surface area contributed by atoms with Gasteiger partial charge in [0.25, 0.3) is 0 Å². The molecular weight excluding hydrogens is 350 g/mol. The largest absolute Gasteiger partial charge is 0.361 e. The summed E-state index contributed by atoms with van der Waals surface area (Å²) in [6.45, 7) is 6.80. The van der Waals surface area contributed by atoms with Crippen LogP contribution in [0, 0.1) is 12.8 Å². The number of benzene rings is 1. The molecular formula is C20H26ClN3O2. The molecule has 1 N–H and O–H groups in total. The van der Waals surface area contributed by atoms with Gasteiger partial charge in [-0.1, -0.05) is 35.8 Å². The summed E-state index contributed by atoms with van der Waals surface area (Å²) in [4.78, 5) is 14.8. The summed E-state index contributed by atoms with van der Waals surface area (Å²) in [6.07, 6.45) is 2.62. The van der Waals surface area contributed by atoms with Gasteiger partial charge in [0.05, 0.1) is 18.2 Å². The number of nitrogens with one attached hydrogen (secondary N) is 1. The van der Waals surface area contributed by atoms with Gasteiger partial charge in [-0.3, -0.25) is 9.69 Å². The summed E-state index contributed by atoms with van der Waals surface area (Å²) in [5.41, 5.74) is 1.84. The Morgan fingerprint density at radius 3 is 2.65 bits per heavy atom. The smallest absolute Gasteiger partial charge is 0.226 e. The molecule has 140 valence electrons. The first kappa shape index (κ1) is 18.9.